The molecule has 3 aromatic carbocycles. The first-order valence-electron chi connectivity index (χ1n) is 16.8. The number of carbonyl (C=O) groups excluding carboxylic acids is 1. The largest absolute Gasteiger partial charge is 0.493 e. The monoisotopic (exact) mass is 726 g/mol. The number of aryl methyl sites for hydroxylation is 3. The molecule has 0 fully saturated rings. The van der Waals surface area contributed by atoms with E-state index < -0.39 is 0 Å². The number of hydrogen-bond donors (Lipinski definition) is 0. The van der Waals surface area contributed by atoms with Gasteiger partial charge in [-0.3, -0.25) is 14.3 Å². The highest BCUT2D eigenvalue weighted by Gasteiger charge is 2.30. The summed E-state index contributed by atoms with van der Waals surface area (Å²) in [5, 5.41) is 13.9. The number of methoxy groups -OCH3 is 1. The SMILES string of the molecule is COC(=O)c1c2c3ccc(Cl)c(c3n1C)-c1c(nn3c1CN(C)CC3)CSCc1cc(n(C)n1)CSc1cc(c3ccccc3c1)OCCC2. The third-order valence-electron chi connectivity index (χ3n) is 9.81. The molecule has 0 saturated carbocycles. The van der Waals surface area contributed by atoms with Crippen LogP contribution >= 0.6 is 35.1 Å². The number of ether oxygens (including phenoxy) is 2. The lowest BCUT2D eigenvalue weighted by molar-refractivity contribution is 0.0589. The number of rotatable bonds is 1. The van der Waals surface area contributed by atoms with Gasteiger partial charge in [0, 0.05) is 76.9 Å². The van der Waals surface area contributed by atoms with Crippen LogP contribution in [0.5, 0.6) is 5.75 Å². The van der Waals surface area contributed by atoms with E-state index in [4.69, 9.17) is 31.3 Å². The molecule has 2 aliphatic rings. The Morgan fingerprint density at radius 2 is 1.82 bits per heavy atom. The topological polar surface area (TPSA) is 79.3 Å². The van der Waals surface area contributed by atoms with Crippen molar-refractivity contribution in [1.82, 2.24) is 29.0 Å². The summed E-state index contributed by atoms with van der Waals surface area (Å²) < 4.78 is 18.0. The standard InChI is InChI=1S/C38H39ClN6O3S2/c1-42-13-14-45-32(19-42)35-31(41-45)22-49-20-24-17-25(44(3)40-24)21-50-26-16-23-8-5-6-9-27(23)33(18-26)48-15-7-10-28-29-11-12-30(39)34(35)36(29)43(2)37(28)38(46)47-4/h5-6,8-9,11-12,16-18H,7,10,13-15,19-22H2,1-4H3. The van der Waals surface area contributed by atoms with Crippen molar-refractivity contribution in [3.05, 3.63) is 93.7 Å². The van der Waals surface area contributed by atoms with Gasteiger partial charge < -0.3 is 14.0 Å². The van der Waals surface area contributed by atoms with Crippen molar-refractivity contribution in [3.63, 3.8) is 0 Å². The van der Waals surface area contributed by atoms with E-state index in [0.717, 1.165) is 97.2 Å². The molecule has 0 aliphatic carbocycles. The van der Waals surface area contributed by atoms with E-state index in [1.807, 2.05) is 53.3 Å². The molecule has 0 spiro atoms. The lowest BCUT2D eigenvalue weighted by Gasteiger charge is -2.24. The maximum atomic E-state index is 13.5. The molecule has 9 nitrogen and oxygen atoms in total. The molecule has 50 heavy (non-hydrogen) atoms. The highest BCUT2D eigenvalue weighted by molar-refractivity contribution is 7.98. The number of nitrogens with zero attached hydrogens (tertiary/aromatic N) is 6. The second-order valence-electron chi connectivity index (χ2n) is 13.1. The van der Waals surface area contributed by atoms with Crippen LogP contribution in [0.3, 0.4) is 0 Å². The second kappa shape index (κ2) is 13.7. The van der Waals surface area contributed by atoms with Crippen LogP contribution in [-0.2, 0) is 55.6 Å². The van der Waals surface area contributed by atoms with Gasteiger partial charge in [0.15, 0.2) is 0 Å². The van der Waals surface area contributed by atoms with E-state index in [1.54, 1.807) is 11.8 Å². The summed E-state index contributed by atoms with van der Waals surface area (Å²) >= 11 is 10.8. The molecule has 8 bridgehead atoms. The summed E-state index contributed by atoms with van der Waals surface area (Å²) in [4.78, 5) is 16.9. The number of carbonyl (C=O) groups is 1. The molecule has 2 aliphatic heterocycles. The highest BCUT2D eigenvalue weighted by atomic mass is 35.5. The predicted octanol–water partition coefficient (Wildman–Crippen LogP) is 7.86. The first-order valence-corrected chi connectivity index (χ1v) is 19.4. The maximum absolute atomic E-state index is 13.5. The number of fused-ring (bicyclic) bond motifs is 10. The van der Waals surface area contributed by atoms with Gasteiger partial charge in [0.25, 0.3) is 0 Å². The minimum atomic E-state index is -0.367. The summed E-state index contributed by atoms with van der Waals surface area (Å²) in [6, 6.07) is 19.0. The molecule has 0 radical (unpaired) electrons. The van der Waals surface area contributed by atoms with Crippen molar-refractivity contribution in [2.75, 3.05) is 27.3 Å². The van der Waals surface area contributed by atoms with Crippen LogP contribution in [-0.4, -0.2) is 62.3 Å². The van der Waals surface area contributed by atoms with Crippen LogP contribution in [0.1, 0.15) is 45.2 Å². The molecule has 258 valence electrons. The quantitative estimate of drug-likeness (QED) is 0.159. The number of thioether (sulfide) groups is 2. The van der Waals surface area contributed by atoms with E-state index >= 15 is 0 Å². The third kappa shape index (κ3) is 5.97. The van der Waals surface area contributed by atoms with Gasteiger partial charge in [0.05, 0.1) is 47.9 Å². The first kappa shape index (κ1) is 33.3. The van der Waals surface area contributed by atoms with Crippen LogP contribution < -0.4 is 4.74 Å². The van der Waals surface area contributed by atoms with E-state index in [1.165, 1.54) is 12.8 Å². The second-order valence-corrected chi connectivity index (χ2v) is 15.5. The molecule has 8 rings (SSSR count). The van der Waals surface area contributed by atoms with E-state index in [2.05, 4.69) is 53.0 Å². The van der Waals surface area contributed by atoms with Gasteiger partial charge in [-0.2, -0.15) is 10.2 Å². The molecule has 12 heteroatoms. The average molecular weight is 727 g/mol. The Morgan fingerprint density at radius 1 is 0.960 bits per heavy atom. The lowest BCUT2D eigenvalue weighted by atomic mass is 9.97. The Hall–Kier alpha value is -3.90. The molecule has 0 saturated heterocycles. The molecule has 0 atom stereocenters. The highest BCUT2D eigenvalue weighted by Crippen LogP contribution is 2.44. The Kier molecular flexibility index (Phi) is 9.09. The Bertz CT molecular complexity index is 2270. The zero-order valence-electron chi connectivity index (χ0n) is 28.7. The Morgan fingerprint density at radius 3 is 2.68 bits per heavy atom. The van der Waals surface area contributed by atoms with Crippen LogP contribution in [0.25, 0.3) is 32.8 Å². The number of benzene rings is 3. The number of hydrogen-bond acceptors (Lipinski definition) is 8. The minimum Gasteiger partial charge on any atom is -0.493 e. The summed E-state index contributed by atoms with van der Waals surface area (Å²) in [7, 11) is 7.55. The fourth-order valence-electron chi connectivity index (χ4n) is 7.40. The van der Waals surface area contributed by atoms with Gasteiger partial charge in [-0.15, -0.1) is 23.5 Å². The number of likely N-dealkylation sites (N-methyl/N-ethyl adjacent to an activating group) is 1. The van der Waals surface area contributed by atoms with Crippen molar-refractivity contribution in [2.45, 2.75) is 48.1 Å². The summed E-state index contributed by atoms with van der Waals surface area (Å²) in [6.07, 6.45) is 1.34. The molecule has 0 N–H and O–H groups in total. The number of halogens is 1. The van der Waals surface area contributed by atoms with E-state index in [0.29, 0.717) is 35.9 Å². The zero-order valence-corrected chi connectivity index (χ0v) is 31.1. The molecule has 0 amide bonds. The van der Waals surface area contributed by atoms with Crippen LogP contribution in [0, 0.1) is 0 Å². The maximum Gasteiger partial charge on any atom is 0.354 e. The van der Waals surface area contributed by atoms with E-state index in [9.17, 15) is 4.79 Å². The molecular weight excluding hydrogens is 688 g/mol. The van der Waals surface area contributed by atoms with Crippen LogP contribution in [0.2, 0.25) is 5.02 Å². The third-order valence-corrected chi connectivity index (χ3v) is 12.1. The predicted molar refractivity (Wildman–Crippen MR) is 202 cm³/mol. The number of esters is 1. The molecule has 5 heterocycles. The lowest BCUT2D eigenvalue weighted by Crippen LogP contribution is -2.30. The van der Waals surface area contributed by atoms with Crippen molar-refractivity contribution in [1.29, 1.82) is 0 Å². The average Bonchev–Trinajstić information content (AvgIpc) is 3.74. The fourth-order valence-corrected chi connectivity index (χ4v) is 9.48. The number of aromatic nitrogens is 5. The Labute approximate surface area is 304 Å². The van der Waals surface area contributed by atoms with Gasteiger partial charge in [0.2, 0.25) is 0 Å². The molecular formula is C38H39ClN6O3S2. The van der Waals surface area contributed by atoms with Gasteiger partial charge in [-0.25, -0.2) is 4.79 Å². The van der Waals surface area contributed by atoms with Gasteiger partial charge in [-0.05, 0) is 55.1 Å². The minimum absolute atomic E-state index is 0.367. The van der Waals surface area contributed by atoms with Crippen LogP contribution in [0.4, 0.5) is 0 Å². The normalized spacial score (nSPS) is 15.8. The van der Waals surface area contributed by atoms with Crippen molar-refractivity contribution >= 4 is 62.8 Å². The zero-order chi connectivity index (χ0) is 34.5. The fraction of sp³-hybridized carbons (Fsp3) is 0.342. The molecule has 3 aromatic heterocycles. The van der Waals surface area contributed by atoms with Gasteiger partial charge in [-0.1, -0.05) is 41.9 Å². The smallest absolute Gasteiger partial charge is 0.354 e. The summed E-state index contributed by atoms with van der Waals surface area (Å²) in [5.74, 6) is 2.75. The van der Waals surface area contributed by atoms with Gasteiger partial charge >= 0.3 is 5.97 Å². The molecule has 6 aromatic rings. The Balaban J connectivity index is 1.28. The van der Waals surface area contributed by atoms with Gasteiger partial charge in [0.1, 0.15) is 11.4 Å². The first-order chi connectivity index (χ1) is 24.3. The van der Waals surface area contributed by atoms with Crippen LogP contribution in [0.15, 0.2) is 59.5 Å². The summed E-state index contributed by atoms with van der Waals surface area (Å²) in [6.45, 7) is 2.98. The van der Waals surface area contributed by atoms with Crippen molar-refractivity contribution in [3.8, 4) is 16.9 Å². The molecule has 0 unspecified atom stereocenters. The summed E-state index contributed by atoms with van der Waals surface area (Å²) in [5.41, 5.74) is 8.72. The van der Waals surface area contributed by atoms with Crippen molar-refractivity contribution < 1.29 is 14.3 Å². The van der Waals surface area contributed by atoms with Crippen molar-refractivity contribution in [2.24, 2.45) is 14.1 Å². The van der Waals surface area contributed by atoms with E-state index in [-0.39, 0.29) is 5.97 Å².